The molecule has 0 saturated heterocycles. The van der Waals surface area contributed by atoms with Crippen molar-refractivity contribution >= 4 is 22.5 Å². The molecule has 4 rings (SSSR count). The third-order valence-electron chi connectivity index (χ3n) is 5.36. The molecule has 3 aromatic rings. The highest BCUT2D eigenvalue weighted by atomic mass is 16.5. The summed E-state index contributed by atoms with van der Waals surface area (Å²) in [6.45, 7) is 4.15. The molecule has 0 bridgehead atoms. The van der Waals surface area contributed by atoms with Gasteiger partial charge in [-0.1, -0.05) is 6.07 Å². The van der Waals surface area contributed by atoms with Gasteiger partial charge < -0.3 is 15.8 Å². The van der Waals surface area contributed by atoms with Crippen molar-refractivity contribution in [1.82, 2.24) is 20.1 Å². The number of ether oxygens (including phenoxy) is 1. The van der Waals surface area contributed by atoms with Crippen molar-refractivity contribution in [2.45, 2.75) is 58.2 Å². The quantitative estimate of drug-likeness (QED) is 0.694. The summed E-state index contributed by atoms with van der Waals surface area (Å²) in [6, 6.07) is 7.92. The van der Waals surface area contributed by atoms with Crippen LogP contribution in [0, 0.1) is 13.8 Å². The lowest BCUT2D eigenvalue weighted by Crippen LogP contribution is -2.41. The van der Waals surface area contributed by atoms with Gasteiger partial charge in [-0.05, 0) is 63.3 Å². The molecule has 1 saturated carbocycles. The number of nitrogen functional groups attached to an aromatic ring is 1. The molecule has 0 unspecified atom stereocenters. The van der Waals surface area contributed by atoms with Gasteiger partial charge in [0.05, 0.1) is 23.2 Å². The Morgan fingerprint density at radius 2 is 2.07 bits per heavy atom. The van der Waals surface area contributed by atoms with Gasteiger partial charge in [0.1, 0.15) is 12.3 Å². The molecule has 29 heavy (non-hydrogen) atoms. The van der Waals surface area contributed by atoms with Crippen molar-refractivity contribution in [3.05, 3.63) is 47.9 Å². The average Bonchev–Trinajstić information content (AvgIpc) is 3.07. The number of carbonyl (C=O) groups is 1. The lowest BCUT2D eigenvalue weighted by molar-refractivity contribution is -0.122. The number of pyridine rings is 1. The Bertz CT molecular complexity index is 1020. The molecule has 7 heteroatoms. The van der Waals surface area contributed by atoms with Gasteiger partial charge in [-0.15, -0.1) is 0 Å². The molecule has 1 aromatic carbocycles. The van der Waals surface area contributed by atoms with Crippen LogP contribution in [-0.2, 0) is 11.3 Å². The van der Waals surface area contributed by atoms with E-state index in [2.05, 4.69) is 15.4 Å². The lowest BCUT2D eigenvalue weighted by Gasteiger charge is -2.30. The second-order valence-corrected chi connectivity index (χ2v) is 7.88. The smallest absolute Gasteiger partial charge is 0.241 e. The number of nitrogens with two attached hydrogens (primary N) is 1. The van der Waals surface area contributed by atoms with E-state index in [0.717, 1.165) is 53.6 Å². The summed E-state index contributed by atoms with van der Waals surface area (Å²) in [4.78, 5) is 16.8. The van der Waals surface area contributed by atoms with E-state index in [9.17, 15) is 4.79 Å². The van der Waals surface area contributed by atoms with E-state index >= 15 is 0 Å². The normalized spacial score (nSPS) is 19.2. The van der Waals surface area contributed by atoms with Crippen molar-refractivity contribution in [2.24, 2.45) is 0 Å². The molecule has 1 fully saturated rings. The summed E-state index contributed by atoms with van der Waals surface area (Å²) >= 11 is 0. The molecule has 0 aliphatic heterocycles. The predicted octanol–water partition coefficient (Wildman–Crippen LogP) is 3.14. The lowest BCUT2D eigenvalue weighted by atomic mass is 9.93. The minimum atomic E-state index is 0.000685. The zero-order valence-electron chi connectivity index (χ0n) is 16.9. The topological polar surface area (TPSA) is 95.1 Å². The third-order valence-corrected chi connectivity index (χ3v) is 5.36. The van der Waals surface area contributed by atoms with Crippen LogP contribution in [0.3, 0.4) is 0 Å². The Morgan fingerprint density at radius 3 is 2.79 bits per heavy atom. The molecule has 1 aliphatic rings. The Labute approximate surface area is 170 Å². The first-order valence-electron chi connectivity index (χ1n) is 10.1. The molecule has 2 aromatic heterocycles. The highest BCUT2D eigenvalue weighted by Crippen LogP contribution is 2.33. The van der Waals surface area contributed by atoms with Gasteiger partial charge in [0.2, 0.25) is 5.91 Å². The Kier molecular flexibility index (Phi) is 5.38. The van der Waals surface area contributed by atoms with Crippen LogP contribution in [0.25, 0.3) is 10.9 Å². The molecule has 1 aliphatic carbocycles. The van der Waals surface area contributed by atoms with Gasteiger partial charge in [-0.25, -0.2) is 0 Å². The number of rotatable bonds is 5. The number of benzene rings is 1. The zero-order valence-corrected chi connectivity index (χ0v) is 16.9. The summed E-state index contributed by atoms with van der Waals surface area (Å²) in [6.07, 6.45) is 7.31. The number of hydrogen-bond donors (Lipinski definition) is 2. The molecule has 0 radical (unpaired) electrons. The number of hydrogen-bond acceptors (Lipinski definition) is 5. The van der Waals surface area contributed by atoms with Crippen molar-refractivity contribution in [1.29, 1.82) is 0 Å². The van der Waals surface area contributed by atoms with Crippen LogP contribution in [0.15, 0.2) is 36.7 Å². The van der Waals surface area contributed by atoms with Crippen molar-refractivity contribution in [2.75, 3.05) is 5.73 Å². The number of nitrogens with zero attached hydrogens (tertiary/aromatic N) is 3. The summed E-state index contributed by atoms with van der Waals surface area (Å²) in [7, 11) is 0. The minimum absolute atomic E-state index is 0.000685. The molecule has 2 heterocycles. The van der Waals surface area contributed by atoms with Crippen LogP contribution >= 0.6 is 0 Å². The zero-order chi connectivity index (χ0) is 20.4. The van der Waals surface area contributed by atoms with E-state index in [1.807, 2.05) is 44.3 Å². The first kappa shape index (κ1) is 19.2. The van der Waals surface area contributed by atoms with Crippen LogP contribution < -0.4 is 15.8 Å². The maximum atomic E-state index is 12.2. The maximum absolute atomic E-state index is 12.2. The first-order chi connectivity index (χ1) is 14.0. The van der Waals surface area contributed by atoms with E-state index in [-0.39, 0.29) is 24.6 Å². The molecule has 1 amide bonds. The molecule has 152 valence electrons. The average molecular weight is 393 g/mol. The van der Waals surface area contributed by atoms with E-state index in [1.165, 1.54) is 0 Å². The van der Waals surface area contributed by atoms with Crippen LogP contribution in [0.5, 0.6) is 5.75 Å². The van der Waals surface area contributed by atoms with E-state index in [0.29, 0.717) is 5.69 Å². The standard InChI is InChI=1S/C22H27N5O2/c1-14-11-24-27(12-14)13-21(28)26-16-6-8-17(9-7-16)29-20-5-3-4-19-22(20)18(23)10-15(2)25-19/h3-5,10-12,16-17H,6-9,13H2,1-2H3,(H2,23,25)(H,26,28). The second-order valence-electron chi connectivity index (χ2n) is 7.88. The third kappa shape index (κ3) is 4.50. The van der Waals surface area contributed by atoms with Gasteiger partial charge in [-0.3, -0.25) is 14.5 Å². The summed E-state index contributed by atoms with van der Waals surface area (Å²) in [5.41, 5.74) is 9.73. The van der Waals surface area contributed by atoms with Crippen LogP contribution in [-0.4, -0.2) is 32.8 Å². The number of aryl methyl sites for hydroxylation is 2. The van der Waals surface area contributed by atoms with Crippen LogP contribution in [0.1, 0.15) is 36.9 Å². The Balaban J connectivity index is 1.33. The SMILES string of the molecule is Cc1cnn(CC(=O)NC2CCC(Oc3cccc4nc(C)cc(N)c34)CC2)c1. The molecule has 0 atom stereocenters. The fourth-order valence-electron chi connectivity index (χ4n) is 4.00. The second kappa shape index (κ2) is 8.11. The number of anilines is 1. The van der Waals surface area contributed by atoms with E-state index in [1.54, 1.807) is 10.9 Å². The molecular formula is C22H27N5O2. The number of amides is 1. The number of carbonyl (C=O) groups excluding carboxylic acids is 1. The van der Waals surface area contributed by atoms with E-state index in [4.69, 9.17) is 10.5 Å². The van der Waals surface area contributed by atoms with Crippen molar-refractivity contribution < 1.29 is 9.53 Å². The first-order valence-corrected chi connectivity index (χ1v) is 10.1. The fraction of sp³-hybridized carbons (Fsp3) is 0.409. The van der Waals surface area contributed by atoms with Gasteiger partial charge >= 0.3 is 0 Å². The largest absolute Gasteiger partial charge is 0.490 e. The van der Waals surface area contributed by atoms with Gasteiger partial charge in [0, 0.05) is 23.6 Å². The van der Waals surface area contributed by atoms with Crippen molar-refractivity contribution in [3.8, 4) is 5.75 Å². The number of nitrogens with one attached hydrogen (secondary N) is 1. The predicted molar refractivity (Wildman–Crippen MR) is 113 cm³/mol. The fourth-order valence-corrected chi connectivity index (χ4v) is 4.00. The van der Waals surface area contributed by atoms with Crippen LogP contribution in [0.4, 0.5) is 5.69 Å². The minimum Gasteiger partial charge on any atom is -0.490 e. The van der Waals surface area contributed by atoms with Crippen LogP contribution in [0.2, 0.25) is 0 Å². The number of aromatic nitrogens is 3. The highest BCUT2D eigenvalue weighted by Gasteiger charge is 2.24. The highest BCUT2D eigenvalue weighted by molar-refractivity contribution is 5.95. The number of fused-ring (bicyclic) bond motifs is 1. The molecule has 3 N–H and O–H groups in total. The van der Waals surface area contributed by atoms with Crippen molar-refractivity contribution in [3.63, 3.8) is 0 Å². The molecular weight excluding hydrogens is 366 g/mol. The molecule has 7 nitrogen and oxygen atoms in total. The van der Waals surface area contributed by atoms with Gasteiger partial charge in [-0.2, -0.15) is 5.10 Å². The monoisotopic (exact) mass is 393 g/mol. The Hall–Kier alpha value is -3.09. The summed E-state index contributed by atoms with van der Waals surface area (Å²) in [5.74, 6) is 0.787. The summed E-state index contributed by atoms with van der Waals surface area (Å²) < 4.78 is 7.96. The Morgan fingerprint density at radius 1 is 1.28 bits per heavy atom. The summed E-state index contributed by atoms with van der Waals surface area (Å²) in [5, 5.41) is 8.16. The molecule has 0 spiro atoms. The van der Waals surface area contributed by atoms with Gasteiger partial charge in [0.15, 0.2) is 0 Å². The van der Waals surface area contributed by atoms with E-state index < -0.39 is 0 Å². The van der Waals surface area contributed by atoms with Gasteiger partial charge in [0.25, 0.3) is 0 Å². The maximum Gasteiger partial charge on any atom is 0.241 e.